The van der Waals surface area contributed by atoms with Crippen LogP contribution in [-0.2, 0) is 9.59 Å². The van der Waals surface area contributed by atoms with Gasteiger partial charge in [0.25, 0.3) is 0 Å². The van der Waals surface area contributed by atoms with E-state index >= 15 is 0 Å². The van der Waals surface area contributed by atoms with E-state index in [1.807, 2.05) is 13.8 Å². The van der Waals surface area contributed by atoms with E-state index in [9.17, 15) is 9.59 Å². The fraction of sp³-hybridized carbons (Fsp3) is 0.800. The van der Waals surface area contributed by atoms with Gasteiger partial charge in [-0.3, -0.25) is 9.59 Å². The van der Waals surface area contributed by atoms with Gasteiger partial charge in [0, 0.05) is 11.3 Å². The maximum atomic E-state index is 11.5. The Bertz CT molecular complexity index is 253. The smallest absolute Gasteiger partial charge is 0.304 e. The van der Waals surface area contributed by atoms with Crippen LogP contribution in [0.1, 0.15) is 33.1 Å². The minimum Gasteiger partial charge on any atom is -0.481 e. The van der Waals surface area contributed by atoms with Gasteiger partial charge in [-0.05, 0) is 19.8 Å². The molecule has 4 nitrogen and oxygen atoms in total. The highest BCUT2D eigenvalue weighted by Gasteiger charge is 2.26. The molecule has 0 aliphatic heterocycles. The minimum absolute atomic E-state index is 0.0255. The lowest BCUT2D eigenvalue weighted by Gasteiger charge is -2.15. The number of rotatable bonds is 6. The Morgan fingerprint density at radius 2 is 2.07 bits per heavy atom. The molecular formula is C10H17NO3S. The fourth-order valence-electron chi connectivity index (χ4n) is 1.25. The molecule has 1 amide bonds. The van der Waals surface area contributed by atoms with Gasteiger partial charge in [-0.1, -0.05) is 6.92 Å². The summed E-state index contributed by atoms with van der Waals surface area (Å²) in [5.74, 6) is -0.787. The van der Waals surface area contributed by atoms with Gasteiger partial charge in [-0.25, -0.2) is 0 Å². The topological polar surface area (TPSA) is 66.4 Å². The quantitative estimate of drug-likeness (QED) is 0.722. The van der Waals surface area contributed by atoms with Crippen molar-refractivity contribution in [3.8, 4) is 0 Å². The number of amides is 1. The van der Waals surface area contributed by atoms with E-state index in [1.165, 1.54) is 11.8 Å². The van der Waals surface area contributed by atoms with Crippen LogP contribution in [0.2, 0.25) is 0 Å². The first kappa shape index (κ1) is 12.4. The Morgan fingerprint density at radius 1 is 1.47 bits per heavy atom. The van der Waals surface area contributed by atoms with Gasteiger partial charge in [-0.15, -0.1) is 11.8 Å². The van der Waals surface area contributed by atoms with Crippen molar-refractivity contribution in [1.29, 1.82) is 0 Å². The summed E-state index contributed by atoms with van der Waals surface area (Å²) in [4.78, 5) is 22.0. The van der Waals surface area contributed by atoms with Crippen LogP contribution in [0.4, 0.5) is 0 Å². The third kappa shape index (κ3) is 5.06. The zero-order chi connectivity index (χ0) is 11.4. The van der Waals surface area contributed by atoms with Crippen LogP contribution in [0.3, 0.4) is 0 Å². The van der Waals surface area contributed by atoms with E-state index < -0.39 is 5.97 Å². The van der Waals surface area contributed by atoms with Crippen LogP contribution in [0.5, 0.6) is 0 Å². The van der Waals surface area contributed by atoms with Crippen molar-refractivity contribution in [2.45, 2.75) is 49.7 Å². The van der Waals surface area contributed by atoms with Crippen molar-refractivity contribution in [2.75, 3.05) is 0 Å². The van der Waals surface area contributed by atoms with E-state index in [-0.39, 0.29) is 22.8 Å². The van der Waals surface area contributed by atoms with Crippen molar-refractivity contribution in [2.24, 2.45) is 0 Å². The van der Waals surface area contributed by atoms with Crippen LogP contribution in [-0.4, -0.2) is 33.5 Å². The van der Waals surface area contributed by atoms with Gasteiger partial charge in [0.1, 0.15) is 0 Å². The van der Waals surface area contributed by atoms with Crippen molar-refractivity contribution in [3.05, 3.63) is 0 Å². The van der Waals surface area contributed by atoms with E-state index in [0.717, 1.165) is 12.8 Å². The first-order valence-electron chi connectivity index (χ1n) is 5.16. The fourth-order valence-corrected chi connectivity index (χ4v) is 2.38. The molecule has 0 heterocycles. The van der Waals surface area contributed by atoms with Crippen LogP contribution in [0.25, 0.3) is 0 Å². The van der Waals surface area contributed by atoms with E-state index in [0.29, 0.717) is 6.04 Å². The molecule has 0 aromatic carbocycles. The second-order valence-corrected chi connectivity index (χ2v) is 5.75. The summed E-state index contributed by atoms with van der Waals surface area (Å²) >= 11 is 1.41. The Hall–Kier alpha value is -0.710. The summed E-state index contributed by atoms with van der Waals surface area (Å²) < 4.78 is 0. The molecule has 5 heteroatoms. The summed E-state index contributed by atoms with van der Waals surface area (Å²) in [6.45, 7) is 3.65. The Labute approximate surface area is 93.8 Å². The number of aliphatic carboxylic acids is 1. The van der Waals surface area contributed by atoms with Crippen LogP contribution in [0.15, 0.2) is 0 Å². The molecule has 2 N–H and O–H groups in total. The lowest BCUT2D eigenvalue weighted by Crippen LogP contribution is -2.33. The minimum atomic E-state index is -0.815. The number of carboxylic acids is 1. The molecule has 2 unspecified atom stereocenters. The molecule has 1 rings (SSSR count). The summed E-state index contributed by atoms with van der Waals surface area (Å²) in [5, 5.41) is 11.3. The molecule has 1 saturated carbocycles. The predicted molar refractivity (Wildman–Crippen MR) is 59.9 cm³/mol. The molecule has 1 aliphatic rings. The lowest BCUT2D eigenvalue weighted by atomic mass is 10.3. The second-order valence-electron chi connectivity index (χ2n) is 3.97. The SMILES string of the molecule is CC(CC(=O)O)SC(C)C(=O)NC1CC1. The number of carboxylic acid groups (broad SMARTS) is 1. The molecule has 0 saturated heterocycles. The predicted octanol–water partition coefficient (Wildman–Crippen LogP) is 1.25. The van der Waals surface area contributed by atoms with Gasteiger partial charge < -0.3 is 10.4 Å². The maximum Gasteiger partial charge on any atom is 0.304 e. The normalized spacial score (nSPS) is 19.3. The highest BCUT2D eigenvalue weighted by molar-refractivity contribution is 8.01. The molecule has 0 radical (unpaired) electrons. The zero-order valence-electron chi connectivity index (χ0n) is 9.03. The highest BCUT2D eigenvalue weighted by atomic mass is 32.2. The van der Waals surface area contributed by atoms with Crippen molar-refractivity contribution in [1.82, 2.24) is 5.32 Å². The van der Waals surface area contributed by atoms with E-state index in [4.69, 9.17) is 5.11 Å². The van der Waals surface area contributed by atoms with Crippen LogP contribution >= 0.6 is 11.8 Å². The zero-order valence-corrected chi connectivity index (χ0v) is 9.84. The van der Waals surface area contributed by atoms with Gasteiger partial charge >= 0.3 is 5.97 Å². The van der Waals surface area contributed by atoms with Crippen LogP contribution in [0, 0.1) is 0 Å². The number of hydrogen-bond acceptors (Lipinski definition) is 3. The number of carbonyl (C=O) groups excluding carboxylic acids is 1. The first-order chi connectivity index (χ1) is 6.99. The van der Waals surface area contributed by atoms with Gasteiger partial charge in [0.05, 0.1) is 11.7 Å². The third-order valence-corrected chi connectivity index (χ3v) is 3.45. The lowest BCUT2D eigenvalue weighted by molar-refractivity contribution is -0.136. The number of carbonyl (C=O) groups is 2. The van der Waals surface area contributed by atoms with Gasteiger partial charge in [0.15, 0.2) is 0 Å². The van der Waals surface area contributed by atoms with Gasteiger partial charge in [0.2, 0.25) is 5.91 Å². The second kappa shape index (κ2) is 5.39. The number of thioether (sulfide) groups is 1. The molecule has 1 fully saturated rings. The summed E-state index contributed by atoms with van der Waals surface area (Å²) in [5.41, 5.74) is 0. The molecule has 0 aromatic heterocycles. The average molecular weight is 231 g/mol. The standard InChI is InChI=1S/C10H17NO3S/c1-6(5-9(12)13)15-7(2)10(14)11-8-3-4-8/h6-8H,3-5H2,1-2H3,(H,11,14)(H,12,13). The Balaban J connectivity index is 2.23. The molecule has 0 spiro atoms. The van der Waals surface area contributed by atoms with Crippen molar-refractivity contribution >= 4 is 23.6 Å². The highest BCUT2D eigenvalue weighted by Crippen LogP contribution is 2.23. The summed E-state index contributed by atoms with van der Waals surface area (Å²) in [6, 6.07) is 0.371. The molecule has 0 aromatic rings. The van der Waals surface area contributed by atoms with Crippen molar-refractivity contribution < 1.29 is 14.7 Å². The first-order valence-corrected chi connectivity index (χ1v) is 6.11. The Kier molecular flexibility index (Phi) is 4.45. The molecule has 86 valence electrons. The largest absolute Gasteiger partial charge is 0.481 e. The average Bonchev–Trinajstić information content (AvgIpc) is 2.86. The van der Waals surface area contributed by atoms with Gasteiger partial charge in [-0.2, -0.15) is 0 Å². The molecule has 0 bridgehead atoms. The molecule has 2 atom stereocenters. The third-order valence-electron chi connectivity index (χ3n) is 2.19. The Morgan fingerprint density at radius 3 is 2.53 bits per heavy atom. The van der Waals surface area contributed by atoms with E-state index in [1.54, 1.807) is 0 Å². The molecule has 15 heavy (non-hydrogen) atoms. The van der Waals surface area contributed by atoms with Crippen molar-refractivity contribution in [3.63, 3.8) is 0 Å². The monoisotopic (exact) mass is 231 g/mol. The van der Waals surface area contributed by atoms with E-state index in [2.05, 4.69) is 5.32 Å². The van der Waals surface area contributed by atoms with Crippen LogP contribution < -0.4 is 5.32 Å². The summed E-state index contributed by atoms with van der Waals surface area (Å²) in [7, 11) is 0. The molecular weight excluding hydrogens is 214 g/mol. The number of nitrogens with one attached hydrogen (secondary N) is 1. The maximum absolute atomic E-state index is 11.5. The molecule has 1 aliphatic carbocycles. The summed E-state index contributed by atoms with van der Waals surface area (Å²) in [6.07, 6.45) is 2.26. The number of hydrogen-bond donors (Lipinski definition) is 2.